The second-order valence-corrected chi connectivity index (χ2v) is 18.4. The molecule has 10 nitrogen and oxygen atoms in total. The lowest BCUT2D eigenvalue weighted by molar-refractivity contribution is -0.315. The number of fused-ring (bicyclic) bond motifs is 2. The zero-order chi connectivity index (χ0) is 34.0. The predicted octanol–water partition coefficient (Wildman–Crippen LogP) is 2.10. The number of aliphatic hydroxyl groups excluding tert-OH is 7. The monoisotopic (exact) mass is 654 g/mol. The van der Waals surface area contributed by atoms with Crippen LogP contribution in [0.1, 0.15) is 106 Å². The first-order valence-corrected chi connectivity index (χ1v) is 17.9. The van der Waals surface area contributed by atoms with E-state index in [1.165, 1.54) is 0 Å². The molecule has 0 bridgehead atoms. The van der Waals surface area contributed by atoms with Gasteiger partial charge in [-0.2, -0.15) is 0 Å². The molecule has 0 radical (unpaired) electrons. The average molecular weight is 655 g/mol. The molecule has 266 valence electrons. The number of ether oxygens (including phenoxy) is 2. The van der Waals surface area contributed by atoms with Crippen LogP contribution in [0.25, 0.3) is 0 Å². The summed E-state index contributed by atoms with van der Waals surface area (Å²) < 4.78 is 12.6. The van der Waals surface area contributed by atoms with Gasteiger partial charge in [0.1, 0.15) is 24.4 Å². The predicted molar refractivity (Wildman–Crippen MR) is 169 cm³/mol. The Morgan fingerprint density at radius 1 is 0.891 bits per heavy atom. The van der Waals surface area contributed by atoms with E-state index in [0.717, 1.165) is 32.1 Å². The van der Waals surface area contributed by atoms with Gasteiger partial charge in [-0.3, -0.25) is 0 Å². The van der Waals surface area contributed by atoms with Gasteiger partial charge in [0, 0.05) is 0 Å². The lowest BCUT2D eigenvalue weighted by Gasteiger charge is -2.64. The lowest BCUT2D eigenvalue weighted by Crippen LogP contribution is -2.61. The Morgan fingerprint density at radius 3 is 2.20 bits per heavy atom. The summed E-state index contributed by atoms with van der Waals surface area (Å²) in [7, 11) is 0. The fourth-order valence-electron chi connectivity index (χ4n) is 12.9. The Labute approximate surface area is 274 Å². The van der Waals surface area contributed by atoms with Crippen molar-refractivity contribution >= 4 is 0 Å². The van der Waals surface area contributed by atoms with Gasteiger partial charge in [0.05, 0.1) is 36.6 Å². The van der Waals surface area contributed by atoms with Crippen LogP contribution in [-0.2, 0) is 9.47 Å². The average Bonchev–Trinajstić information content (AvgIpc) is 3.56. The third-order valence-corrected chi connectivity index (χ3v) is 15.6. The van der Waals surface area contributed by atoms with Crippen molar-refractivity contribution in [3.05, 3.63) is 0 Å². The Morgan fingerprint density at radius 2 is 1.57 bits per heavy atom. The number of aliphatic hydroxyl groups is 8. The maximum atomic E-state index is 12.0. The molecular formula is C36H62O10. The minimum absolute atomic E-state index is 0.0105. The molecule has 17 atom stereocenters. The van der Waals surface area contributed by atoms with Gasteiger partial charge in [0.15, 0.2) is 6.29 Å². The van der Waals surface area contributed by atoms with E-state index in [0.29, 0.717) is 25.7 Å². The summed E-state index contributed by atoms with van der Waals surface area (Å²) in [6.45, 7) is 13.8. The van der Waals surface area contributed by atoms with Crippen molar-refractivity contribution in [1.82, 2.24) is 0 Å². The Bertz CT molecular complexity index is 1140. The summed E-state index contributed by atoms with van der Waals surface area (Å²) in [5.41, 5.74) is -1.96. The second kappa shape index (κ2) is 11.3. The van der Waals surface area contributed by atoms with Crippen molar-refractivity contribution in [2.45, 2.75) is 167 Å². The Hall–Kier alpha value is -0.400. The Kier molecular flexibility index (Phi) is 8.71. The highest BCUT2D eigenvalue weighted by molar-refractivity contribution is 5.32. The van der Waals surface area contributed by atoms with Gasteiger partial charge in [-0.25, -0.2) is 0 Å². The highest BCUT2D eigenvalue weighted by Crippen LogP contribution is 2.89. The highest BCUT2D eigenvalue weighted by atomic mass is 16.7. The van der Waals surface area contributed by atoms with Crippen LogP contribution in [0.15, 0.2) is 0 Å². The normalized spacial score (nSPS) is 54.2. The van der Waals surface area contributed by atoms with Crippen LogP contribution in [0, 0.1) is 50.7 Å². The van der Waals surface area contributed by atoms with E-state index < -0.39 is 67.3 Å². The molecule has 8 N–H and O–H groups in total. The second-order valence-electron chi connectivity index (χ2n) is 18.4. The van der Waals surface area contributed by atoms with Crippen molar-refractivity contribution in [2.75, 3.05) is 6.61 Å². The summed E-state index contributed by atoms with van der Waals surface area (Å²) in [6.07, 6.45) is -1.90. The van der Waals surface area contributed by atoms with Crippen LogP contribution in [0.5, 0.6) is 0 Å². The molecule has 0 amide bonds. The number of hydrogen-bond donors (Lipinski definition) is 8. The van der Waals surface area contributed by atoms with E-state index in [-0.39, 0.29) is 50.7 Å². The number of hydrogen-bond acceptors (Lipinski definition) is 10. The van der Waals surface area contributed by atoms with Crippen molar-refractivity contribution in [3.8, 4) is 0 Å². The molecule has 46 heavy (non-hydrogen) atoms. The van der Waals surface area contributed by atoms with Crippen LogP contribution in [0.4, 0.5) is 0 Å². The molecule has 1 saturated heterocycles. The molecule has 17 unspecified atom stereocenters. The third kappa shape index (κ3) is 4.78. The van der Waals surface area contributed by atoms with E-state index in [9.17, 15) is 40.9 Å². The lowest BCUT2D eigenvalue weighted by atomic mass is 9.41. The zero-order valence-corrected chi connectivity index (χ0v) is 29.0. The quantitative estimate of drug-likeness (QED) is 0.193. The molecule has 5 saturated carbocycles. The molecule has 0 aromatic heterocycles. The summed E-state index contributed by atoms with van der Waals surface area (Å²) in [5.74, 6) is 0.320. The first kappa shape index (κ1) is 35.4. The fraction of sp³-hybridized carbons (Fsp3) is 1.00. The number of rotatable bonds is 8. The molecule has 6 rings (SSSR count). The maximum Gasteiger partial charge on any atom is 0.186 e. The molecule has 6 aliphatic rings. The first-order chi connectivity index (χ1) is 21.2. The van der Waals surface area contributed by atoms with Crippen LogP contribution in [0.3, 0.4) is 0 Å². The fourth-order valence-corrected chi connectivity index (χ4v) is 12.9. The van der Waals surface area contributed by atoms with Crippen LogP contribution in [0.2, 0.25) is 0 Å². The molecule has 0 aromatic rings. The van der Waals surface area contributed by atoms with Gasteiger partial charge in [-0.05, 0) is 122 Å². The molecule has 5 aliphatic carbocycles. The van der Waals surface area contributed by atoms with E-state index in [4.69, 9.17) is 9.47 Å². The highest BCUT2D eigenvalue weighted by Gasteiger charge is 2.84. The van der Waals surface area contributed by atoms with E-state index >= 15 is 0 Å². The van der Waals surface area contributed by atoms with E-state index in [1.807, 2.05) is 0 Å². The van der Waals surface area contributed by atoms with Gasteiger partial charge >= 0.3 is 0 Å². The van der Waals surface area contributed by atoms with Crippen molar-refractivity contribution in [3.63, 3.8) is 0 Å². The standard InChI is InChI=1S/C36H62O10/c1-18(8-9-24(40)32(4,5)44)25-20(45-30-28(43)27(42)26(41)21(16-37)46-30)15-34(7)22-14-19(38)29-31(2,3)23(39)10-11-36(29)17-35(22,36)13-12-33(25,34)6/h18-30,37-44H,8-17H2,1-7H3. The van der Waals surface area contributed by atoms with Gasteiger partial charge in [-0.1, -0.05) is 34.6 Å². The molecule has 1 heterocycles. The molecule has 0 aromatic carbocycles. The van der Waals surface area contributed by atoms with Crippen molar-refractivity contribution in [2.24, 2.45) is 50.7 Å². The zero-order valence-electron chi connectivity index (χ0n) is 29.0. The topological polar surface area (TPSA) is 180 Å². The van der Waals surface area contributed by atoms with Gasteiger partial charge < -0.3 is 50.3 Å². The summed E-state index contributed by atoms with van der Waals surface area (Å²) in [4.78, 5) is 0. The summed E-state index contributed by atoms with van der Waals surface area (Å²) in [6, 6.07) is 0. The van der Waals surface area contributed by atoms with Crippen molar-refractivity contribution < 1.29 is 50.3 Å². The largest absolute Gasteiger partial charge is 0.394 e. The maximum absolute atomic E-state index is 12.0. The smallest absolute Gasteiger partial charge is 0.186 e. The van der Waals surface area contributed by atoms with E-state index in [1.54, 1.807) is 13.8 Å². The van der Waals surface area contributed by atoms with Gasteiger partial charge in [0.25, 0.3) is 0 Å². The SMILES string of the molecule is CC(CCC(O)C(C)(C)O)C1C(OC2OC(CO)C(O)C(O)C2O)CC2(C)C3CC(O)C4C(C)(C)C(O)CCC45CC35CCC12C. The van der Waals surface area contributed by atoms with Gasteiger partial charge in [-0.15, -0.1) is 0 Å². The minimum atomic E-state index is -1.53. The van der Waals surface area contributed by atoms with Crippen molar-refractivity contribution in [1.29, 1.82) is 0 Å². The Balaban J connectivity index is 1.34. The molecule has 2 spiro atoms. The molecule has 6 fully saturated rings. The summed E-state index contributed by atoms with van der Waals surface area (Å²) >= 11 is 0. The first-order valence-electron chi connectivity index (χ1n) is 17.9. The molecule has 1 aliphatic heterocycles. The van der Waals surface area contributed by atoms with Crippen LogP contribution >= 0.6 is 0 Å². The van der Waals surface area contributed by atoms with Gasteiger partial charge in [0.2, 0.25) is 0 Å². The van der Waals surface area contributed by atoms with Crippen LogP contribution < -0.4 is 0 Å². The van der Waals surface area contributed by atoms with E-state index in [2.05, 4.69) is 34.6 Å². The molecule has 10 heteroatoms. The van der Waals surface area contributed by atoms with Crippen LogP contribution in [-0.4, -0.2) is 108 Å². The minimum Gasteiger partial charge on any atom is -0.394 e. The third-order valence-electron chi connectivity index (χ3n) is 15.6. The summed E-state index contributed by atoms with van der Waals surface area (Å²) in [5, 5.41) is 86.0. The molecular weight excluding hydrogens is 592 g/mol.